The van der Waals surface area contributed by atoms with Crippen molar-refractivity contribution in [2.24, 2.45) is 0 Å². The molecule has 2 N–H and O–H groups in total. The van der Waals surface area contributed by atoms with Gasteiger partial charge in [-0.3, -0.25) is 4.79 Å². The van der Waals surface area contributed by atoms with Gasteiger partial charge in [-0.15, -0.1) is 0 Å². The molecular weight excluding hydrogens is 509 g/mol. The van der Waals surface area contributed by atoms with Crippen LogP contribution in [0, 0.1) is 6.92 Å². The van der Waals surface area contributed by atoms with Crippen molar-refractivity contribution in [3.05, 3.63) is 118 Å². The number of aliphatic carboxylic acids is 1. The summed E-state index contributed by atoms with van der Waals surface area (Å²) in [6.07, 6.45) is 5.02. The molecule has 0 unspecified atom stereocenters. The van der Waals surface area contributed by atoms with Crippen molar-refractivity contribution in [3.8, 4) is 22.3 Å². The number of hydrogen-bond donors (Lipinski definition) is 2. The molecule has 1 amide bonds. The molecule has 0 heterocycles. The predicted octanol–water partition coefficient (Wildman–Crippen LogP) is 6.31. The quantitative estimate of drug-likeness (QED) is 0.203. The maximum atomic E-state index is 13.4. The Bertz CT molecular complexity index is 1530. The molecule has 4 aromatic rings. The van der Waals surface area contributed by atoms with Gasteiger partial charge in [0, 0.05) is 5.56 Å². The second kappa shape index (κ2) is 13.4. The second-order valence-electron chi connectivity index (χ2n) is 10.1. The third-order valence-corrected chi connectivity index (χ3v) is 8.21. The van der Waals surface area contributed by atoms with E-state index in [4.69, 9.17) is 0 Å². The van der Waals surface area contributed by atoms with Crippen molar-refractivity contribution in [2.75, 3.05) is 12.0 Å². The number of carboxylic acids is 1. The molecule has 0 aromatic heterocycles. The molecule has 0 radical (unpaired) electrons. The molecule has 1 aliphatic carbocycles. The van der Waals surface area contributed by atoms with Crippen LogP contribution < -0.4 is 5.32 Å². The number of benzene rings is 4. The first-order valence-corrected chi connectivity index (χ1v) is 14.8. The third-order valence-electron chi connectivity index (χ3n) is 7.57. The molecule has 0 fully saturated rings. The topological polar surface area (TPSA) is 66.4 Å². The molecule has 1 atom stereocenters. The molecule has 0 aliphatic heterocycles. The van der Waals surface area contributed by atoms with Crippen molar-refractivity contribution >= 4 is 42.5 Å². The van der Waals surface area contributed by atoms with E-state index in [0.29, 0.717) is 17.7 Å². The van der Waals surface area contributed by atoms with Crippen LogP contribution in [0.2, 0.25) is 0 Å². The zero-order chi connectivity index (χ0) is 27.4. The number of hydrogen-bond acceptors (Lipinski definition) is 3. The Hall–Kier alpha value is -3.23. The summed E-state index contributed by atoms with van der Waals surface area (Å²) in [5.41, 5.74) is 11.3. The van der Waals surface area contributed by atoms with E-state index < -0.39 is 12.0 Å². The number of amides is 1. The van der Waals surface area contributed by atoms with Gasteiger partial charge in [-0.25, -0.2) is 4.79 Å². The van der Waals surface area contributed by atoms with Crippen LogP contribution >= 0.6 is 11.8 Å². The average molecular weight is 544 g/mol. The number of carbonyl (C=O) groups is 2. The molecule has 0 spiro atoms. The summed E-state index contributed by atoms with van der Waals surface area (Å²) < 4.78 is 0. The van der Waals surface area contributed by atoms with E-state index in [0.717, 1.165) is 41.5 Å². The first kappa shape index (κ1) is 29.7. The van der Waals surface area contributed by atoms with Crippen molar-refractivity contribution in [3.63, 3.8) is 0 Å². The Labute approximate surface area is 252 Å². The fourth-order valence-corrected chi connectivity index (χ4v) is 6.00. The van der Waals surface area contributed by atoms with Crippen LogP contribution in [0.15, 0.2) is 84.9 Å². The van der Waals surface area contributed by atoms with E-state index in [1.54, 1.807) is 11.8 Å². The SMILES string of the molecule is CSCC[C@H](NC(=O)c1ccc(CCc2cccc3c2-c2ccccc2C3)cc1-c1ccccc1C)C(=O)O.[LiH]. The van der Waals surface area contributed by atoms with E-state index in [1.807, 2.05) is 49.6 Å². The van der Waals surface area contributed by atoms with Crippen LogP contribution in [0.5, 0.6) is 0 Å². The van der Waals surface area contributed by atoms with Gasteiger partial charge in [0.1, 0.15) is 6.04 Å². The molecule has 0 saturated carbocycles. The summed E-state index contributed by atoms with van der Waals surface area (Å²) in [6.45, 7) is 2.03. The van der Waals surface area contributed by atoms with Gasteiger partial charge in [0.05, 0.1) is 0 Å². The molecule has 200 valence electrons. The third kappa shape index (κ3) is 6.39. The summed E-state index contributed by atoms with van der Waals surface area (Å²) in [6, 6.07) is 28.3. The van der Waals surface area contributed by atoms with Gasteiger partial charge in [0.25, 0.3) is 5.91 Å². The molecule has 4 nitrogen and oxygen atoms in total. The van der Waals surface area contributed by atoms with Crippen LogP contribution in [0.1, 0.15) is 44.6 Å². The number of thioether (sulfide) groups is 1. The summed E-state index contributed by atoms with van der Waals surface area (Å²) >= 11 is 1.57. The molecule has 0 bridgehead atoms. The van der Waals surface area contributed by atoms with Gasteiger partial charge >= 0.3 is 24.8 Å². The second-order valence-corrected chi connectivity index (χ2v) is 11.1. The van der Waals surface area contributed by atoms with Gasteiger partial charge in [-0.1, -0.05) is 78.9 Å². The standard InChI is InChI=1S/C34H33NO3S.Li.H/c1-22-8-3-5-12-27(22)30-20-23(15-17-29(30)33(36)35-31(34(37)38)18-19-39-2)14-16-24-10-7-11-26-21-25-9-4-6-13-28(25)32(24)26;;/h3-13,15,17,20,31H,14,16,18-19,21H2,1-2H3,(H,35,36)(H,37,38);;/t31-;;/m0../s1. The molecule has 6 heteroatoms. The van der Waals surface area contributed by atoms with Crippen LogP contribution in [0.3, 0.4) is 0 Å². The number of rotatable bonds is 10. The van der Waals surface area contributed by atoms with E-state index in [-0.39, 0.29) is 24.8 Å². The number of fused-ring (bicyclic) bond motifs is 3. The normalized spacial score (nSPS) is 12.2. The maximum absolute atomic E-state index is 13.4. The predicted molar refractivity (Wildman–Crippen MR) is 168 cm³/mol. The van der Waals surface area contributed by atoms with Gasteiger partial charge in [-0.2, -0.15) is 11.8 Å². The molecule has 4 aromatic carbocycles. The first-order valence-electron chi connectivity index (χ1n) is 13.4. The summed E-state index contributed by atoms with van der Waals surface area (Å²) in [4.78, 5) is 25.2. The van der Waals surface area contributed by atoms with E-state index in [2.05, 4.69) is 53.8 Å². The Balaban J connectivity index is 0.00000370. The van der Waals surface area contributed by atoms with Gasteiger partial charge in [0.15, 0.2) is 0 Å². The Kier molecular flexibility index (Phi) is 9.98. The zero-order valence-corrected chi connectivity index (χ0v) is 23.2. The minimum absolute atomic E-state index is 0. The van der Waals surface area contributed by atoms with Crippen LogP contribution in [-0.2, 0) is 24.1 Å². The fraction of sp³-hybridized carbons (Fsp3) is 0.235. The summed E-state index contributed by atoms with van der Waals surface area (Å²) in [7, 11) is 0. The molecular formula is C34H34LiNO3S. The number of aryl methyl sites for hydroxylation is 3. The zero-order valence-electron chi connectivity index (χ0n) is 22.4. The molecule has 1 aliphatic rings. The number of carboxylic acid groups (broad SMARTS) is 1. The van der Waals surface area contributed by atoms with E-state index in [9.17, 15) is 14.7 Å². The van der Waals surface area contributed by atoms with Crippen molar-refractivity contribution in [1.29, 1.82) is 0 Å². The Morgan fingerprint density at radius 1 is 0.875 bits per heavy atom. The number of carbonyl (C=O) groups excluding carboxylic acids is 1. The van der Waals surface area contributed by atoms with E-state index >= 15 is 0 Å². The molecule has 5 rings (SSSR count). The minimum atomic E-state index is -1.01. The fourth-order valence-electron chi connectivity index (χ4n) is 5.53. The Morgan fingerprint density at radius 3 is 2.35 bits per heavy atom. The van der Waals surface area contributed by atoms with E-state index in [1.165, 1.54) is 27.8 Å². The summed E-state index contributed by atoms with van der Waals surface area (Å²) in [5, 5.41) is 12.4. The monoisotopic (exact) mass is 543 g/mol. The van der Waals surface area contributed by atoms with Crippen LogP contribution in [0.25, 0.3) is 22.3 Å². The number of nitrogens with one attached hydrogen (secondary N) is 1. The van der Waals surface area contributed by atoms with Crippen LogP contribution in [-0.4, -0.2) is 53.9 Å². The summed E-state index contributed by atoms with van der Waals surface area (Å²) in [5.74, 6) is -0.705. The van der Waals surface area contributed by atoms with Crippen molar-refractivity contribution < 1.29 is 14.7 Å². The molecule has 40 heavy (non-hydrogen) atoms. The Morgan fingerprint density at radius 2 is 1.60 bits per heavy atom. The average Bonchev–Trinajstić information content (AvgIpc) is 3.33. The van der Waals surface area contributed by atoms with Crippen molar-refractivity contribution in [1.82, 2.24) is 5.32 Å². The van der Waals surface area contributed by atoms with Gasteiger partial charge in [0.2, 0.25) is 0 Å². The van der Waals surface area contributed by atoms with Crippen LogP contribution in [0.4, 0.5) is 0 Å². The van der Waals surface area contributed by atoms with Crippen molar-refractivity contribution in [2.45, 2.75) is 38.6 Å². The molecule has 0 saturated heterocycles. The van der Waals surface area contributed by atoms with Gasteiger partial charge in [-0.05, 0) is 101 Å². The van der Waals surface area contributed by atoms with Gasteiger partial charge < -0.3 is 10.4 Å². The first-order chi connectivity index (χ1) is 19.0.